The Hall–Kier alpha value is -2.80. The third kappa shape index (κ3) is 5.15. The SMILES string of the molecule is CC(C)c1ccc(CCNC(=O)Nc2ccc(C#N)cc2)cc1. The fourth-order valence-corrected chi connectivity index (χ4v) is 2.19. The number of nitriles is 1. The van der Waals surface area contributed by atoms with Gasteiger partial charge >= 0.3 is 6.03 Å². The van der Waals surface area contributed by atoms with Gasteiger partial charge < -0.3 is 10.6 Å². The van der Waals surface area contributed by atoms with E-state index < -0.39 is 0 Å². The number of benzene rings is 2. The Balaban J connectivity index is 1.76. The lowest BCUT2D eigenvalue weighted by atomic mass is 10.0. The summed E-state index contributed by atoms with van der Waals surface area (Å²) in [5, 5.41) is 14.3. The van der Waals surface area contributed by atoms with E-state index in [0.717, 1.165) is 6.42 Å². The fraction of sp³-hybridized carbons (Fsp3) is 0.263. The normalized spacial score (nSPS) is 10.2. The van der Waals surface area contributed by atoms with Crippen LogP contribution in [0, 0.1) is 11.3 Å². The van der Waals surface area contributed by atoms with Gasteiger partial charge in [0.25, 0.3) is 0 Å². The molecule has 0 unspecified atom stereocenters. The third-order valence-corrected chi connectivity index (χ3v) is 3.62. The smallest absolute Gasteiger partial charge is 0.319 e. The van der Waals surface area contributed by atoms with Crippen LogP contribution in [0.15, 0.2) is 48.5 Å². The van der Waals surface area contributed by atoms with Gasteiger partial charge in [-0.2, -0.15) is 5.26 Å². The second-order valence-electron chi connectivity index (χ2n) is 5.72. The first-order chi connectivity index (χ1) is 11.1. The summed E-state index contributed by atoms with van der Waals surface area (Å²) < 4.78 is 0. The van der Waals surface area contributed by atoms with Gasteiger partial charge in [-0.3, -0.25) is 0 Å². The van der Waals surface area contributed by atoms with Gasteiger partial charge in [-0.1, -0.05) is 38.1 Å². The summed E-state index contributed by atoms with van der Waals surface area (Å²) in [6, 6.07) is 17.1. The summed E-state index contributed by atoms with van der Waals surface area (Å²) in [6.07, 6.45) is 0.791. The number of hydrogen-bond acceptors (Lipinski definition) is 2. The highest BCUT2D eigenvalue weighted by Crippen LogP contribution is 2.14. The molecule has 0 saturated heterocycles. The second kappa shape index (κ2) is 8.00. The van der Waals surface area contributed by atoms with E-state index in [9.17, 15) is 4.79 Å². The maximum absolute atomic E-state index is 11.8. The highest BCUT2D eigenvalue weighted by molar-refractivity contribution is 5.89. The third-order valence-electron chi connectivity index (χ3n) is 3.62. The lowest BCUT2D eigenvalue weighted by Gasteiger charge is -2.09. The number of hydrogen-bond donors (Lipinski definition) is 2. The van der Waals surface area contributed by atoms with Gasteiger partial charge in [0.1, 0.15) is 0 Å². The maximum Gasteiger partial charge on any atom is 0.319 e. The number of nitrogens with zero attached hydrogens (tertiary/aromatic N) is 1. The number of urea groups is 1. The Morgan fingerprint density at radius 2 is 1.74 bits per heavy atom. The molecule has 0 fully saturated rings. The summed E-state index contributed by atoms with van der Waals surface area (Å²) in [4.78, 5) is 11.8. The van der Waals surface area contributed by atoms with Crippen LogP contribution in [0.4, 0.5) is 10.5 Å². The number of carbonyl (C=O) groups is 1. The quantitative estimate of drug-likeness (QED) is 0.875. The van der Waals surface area contributed by atoms with Gasteiger partial charge in [-0.25, -0.2) is 4.79 Å². The van der Waals surface area contributed by atoms with Crippen molar-refractivity contribution in [2.24, 2.45) is 0 Å². The van der Waals surface area contributed by atoms with Crippen molar-refractivity contribution in [1.29, 1.82) is 5.26 Å². The topological polar surface area (TPSA) is 64.9 Å². The fourth-order valence-electron chi connectivity index (χ4n) is 2.19. The van der Waals surface area contributed by atoms with Gasteiger partial charge in [0.2, 0.25) is 0 Å². The molecule has 4 nitrogen and oxygen atoms in total. The molecule has 118 valence electrons. The predicted molar refractivity (Wildman–Crippen MR) is 92.4 cm³/mol. The van der Waals surface area contributed by atoms with Crippen molar-refractivity contribution in [3.8, 4) is 6.07 Å². The molecule has 2 aromatic rings. The Morgan fingerprint density at radius 1 is 1.09 bits per heavy atom. The lowest BCUT2D eigenvalue weighted by molar-refractivity contribution is 0.252. The minimum Gasteiger partial charge on any atom is -0.338 e. The number of nitrogens with one attached hydrogen (secondary N) is 2. The number of amides is 2. The number of carbonyl (C=O) groups excluding carboxylic acids is 1. The van der Waals surface area contributed by atoms with Crippen LogP contribution in [-0.4, -0.2) is 12.6 Å². The van der Waals surface area contributed by atoms with Crippen molar-refractivity contribution < 1.29 is 4.79 Å². The predicted octanol–water partition coefficient (Wildman–Crippen LogP) is 4.05. The molecule has 0 spiro atoms. The first-order valence-corrected chi connectivity index (χ1v) is 7.72. The van der Waals surface area contributed by atoms with Gasteiger partial charge in [0, 0.05) is 12.2 Å². The largest absolute Gasteiger partial charge is 0.338 e. The minimum atomic E-state index is -0.242. The summed E-state index contributed by atoms with van der Waals surface area (Å²) in [6.45, 7) is 4.91. The van der Waals surface area contributed by atoms with Crippen molar-refractivity contribution in [2.45, 2.75) is 26.2 Å². The summed E-state index contributed by atoms with van der Waals surface area (Å²) in [7, 11) is 0. The molecule has 0 aliphatic rings. The van der Waals surface area contributed by atoms with Crippen molar-refractivity contribution in [3.63, 3.8) is 0 Å². The highest BCUT2D eigenvalue weighted by atomic mass is 16.2. The van der Waals surface area contributed by atoms with Crippen molar-refractivity contribution in [3.05, 3.63) is 65.2 Å². The molecular formula is C19H21N3O. The molecule has 0 aliphatic heterocycles. The average molecular weight is 307 g/mol. The molecule has 2 rings (SSSR count). The van der Waals surface area contributed by atoms with Crippen LogP contribution in [0.2, 0.25) is 0 Å². The monoisotopic (exact) mass is 307 g/mol. The standard InChI is InChI=1S/C19H21N3O/c1-14(2)17-7-3-15(4-8-17)11-12-21-19(23)22-18-9-5-16(13-20)6-10-18/h3-10,14H,11-12H2,1-2H3,(H2,21,22,23). The molecule has 4 heteroatoms. The zero-order valence-electron chi connectivity index (χ0n) is 13.5. The van der Waals surface area contributed by atoms with Crippen LogP contribution < -0.4 is 10.6 Å². The number of rotatable bonds is 5. The molecule has 0 aliphatic carbocycles. The second-order valence-corrected chi connectivity index (χ2v) is 5.72. The summed E-state index contributed by atoms with van der Waals surface area (Å²) in [5.74, 6) is 0.528. The van der Waals surface area contributed by atoms with E-state index in [-0.39, 0.29) is 6.03 Å². The van der Waals surface area contributed by atoms with Crippen molar-refractivity contribution >= 4 is 11.7 Å². The van der Waals surface area contributed by atoms with Gasteiger partial charge in [0.05, 0.1) is 11.6 Å². The summed E-state index contributed by atoms with van der Waals surface area (Å²) >= 11 is 0. The van der Waals surface area contributed by atoms with Crippen LogP contribution in [0.25, 0.3) is 0 Å². The molecule has 23 heavy (non-hydrogen) atoms. The molecule has 2 N–H and O–H groups in total. The zero-order chi connectivity index (χ0) is 16.7. The first-order valence-electron chi connectivity index (χ1n) is 7.72. The Labute approximate surface area is 137 Å². The first kappa shape index (κ1) is 16.6. The van der Waals surface area contributed by atoms with E-state index in [1.54, 1.807) is 24.3 Å². The van der Waals surface area contributed by atoms with E-state index in [2.05, 4.69) is 48.7 Å². The van der Waals surface area contributed by atoms with E-state index in [0.29, 0.717) is 23.7 Å². The molecule has 0 saturated carbocycles. The summed E-state index contributed by atoms with van der Waals surface area (Å²) in [5.41, 5.74) is 3.76. The van der Waals surface area contributed by atoms with Gasteiger partial charge in [0.15, 0.2) is 0 Å². The molecule has 0 radical (unpaired) electrons. The number of anilines is 1. The van der Waals surface area contributed by atoms with E-state index in [1.165, 1.54) is 11.1 Å². The lowest BCUT2D eigenvalue weighted by Crippen LogP contribution is -2.30. The van der Waals surface area contributed by atoms with E-state index in [1.807, 2.05) is 6.07 Å². The Bertz CT molecular complexity index is 682. The van der Waals surface area contributed by atoms with Crippen LogP contribution in [0.5, 0.6) is 0 Å². The molecule has 2 aromatic carbocycles. The van der Waals surface area contributed by atoms with Gasteiger partial charge in [-0.05, 0) is 47.7 Å². The molecular weight excluding hydrogens is 286 g/mol. The van der Waals surface area contributed by atoms with E-state index >= 15 is 0 Å². The molecule has 0 atom stereocenters. The van der Waals surface area contributed by atoms with E-state index in [4.69, 9.17) is 5.26 Å². The zero-order valence-corrected chi connectivity index (χ0v) is 13.5. The highest BCUT2D eigenvalue weighted by Gasteiger charge is 2.02. The molecule has 0 aromatic heterocycles. The molecule has 0 bridgehead atoms. The van der Waals surface area contributed by atoms with Crippen molar-refractivity contribution in [1.82, 2.24) is 5.32 Å². The van der Waals surface area contributed by atoms with Crippen LogP contribution >= 0.6 is 0 Å². The Kier molecular flexibility index (Phi) is 5.76. The average Bonchev–Trinajstić information content (AvgIpc) is 2.56. The van der Waals surface area contributed by atoms with Crippen LogP contribution in [-0.2, 0) is 6.42 Å². The van der Waals surface area contributed by atoms with Crippen molar-refractivity contribution in [2.75, 3.05) is 11.9 Å². The molecule has 0 heterocycles. The minimum absolute atomic E-state index is 0.242. The molecule has 2 amide bonds. The Morgan fingerprint density at radius 3 is 2.30 bits per heavy atom. The maximum atomic E-state index is 11.8. The van der Waals surface area contributed by atoms with Crippen LogP contribution in [0.1, 0.15) is 36.5 Å². The van der Waals surface area contributed by atoms with Crippen LogP contribution in [0.3, 0.4) is 0 Å². The van der Waals surface area contributed by atoms with Gasteiger partial charge in [-0.15, -0.1) is 0 Å².